The van der Waals surface area contributed by atoms with Crippen LogP contribution in [-0.4, -0.2) is 12.2 Å². The Morgan fingerprint density at radius 2 is 1.42 bits per heavy atom. The summed E-state index contributed by atoms with van der Waals surface area (Å²) in [4.78, 5) is 0. The van der Waals surface area contributed by atoms with Crippen LogP contribution in [0.5, 0.6) is 5.75 Å². The van der Waals surface area contributed by atoms with Gasteiger partial charge in [-0.1, -0.05) is 43.3 Å². The van der Waals surface area contributed by atoms with Crippen LogP contribution in [0, 0.1) is 0 Å². The third-order valence-corrected chi connectivity index (χ3v) is 3.58. The molecule has 0 saturated carbocycles. The van der Waals surface area contributed by atoms with Crippen LogP contribution in [0.4, 0.5) is 0 Å². The van der Waals surface area contributed by atoms with Crippen molar-refractivity contribution in [3.05, 3.63) is 65.2 Å². The average molecular weight is 256 g/mol. The van der Waals surface area contributed by atoms with E-state index in [1.807, 2.05) is 43.3 Å². The lowest BCUT2D eigenvalue weighted by molar-refractivity contribution is 0.102. The van der Waals surface area contributed by atoms with E-state index in [2.05, 4.69) is 19.1 Å². The molecular weight excluding hydrogens is 236 g/mol. The van der Waals surface area contributed by atoms with E-state index in [9.17, 15) is 5.11 Å². The highest BCUT2D eigenvalue weighted by Gasteiger charge is 2.25. The van der Waals surface area contributed by atoms with E-state index >= 15 is 0 Å². The van der Waals surface area contributed by atoms with E-state index < -0.39 is 5.60 Å². The predicted octanol–water partition coefficient (Wildman–Crippen LogP) is 3.51. The normalized spacial score (nSPS) is 13.9. The molecule has 2 aromatic rings. The maximum absolute atomic E-state index is 10.7. The number of rotatable bonds is 4. The van der Waals surface area contributed by atoms with E-state index in [1.165, 1.54) is 5.56 Å². The first kappa shape index (κ1) is 13.6. The number of aliphatic hydroxyl groups is 1. The lowest BCUT2D eigenvalue weighted by Crippen LogP contribution is -2.22. The van der Waals surface area contributed by atoms with Crippen molar-refractivity contribution in [2.45, 2.75) is 25.9 Å². The zero-order valence-electron chi connectivity index (χ0n) is 11.7. The molecule has 2 rings (SSSR count). The molecule has 0 aliphatic heterocycles. The van der Waals surface area contributed by atoms with E-state index in [-0.39, 0.29) is 0 Å². The van der Waals surface area contributed by atoms with Crippen LogP contribution < -0.4 is 4.74 Å². The van der Waals surface area contributed by atoms with E-state index in [1.54, 1.807) is 7.11 Å². The molecule has 0 amide bonds. The molecular formula is C17H20O2. The van der Waals surface area contributed by atoms with Crippen molar-refractivity contribution in [2.75, 3.05) is 7.11 Å². The molecule has 2 heteroatoms. The Kier molecular flexibility index (Phi) is 3.91. The molecule has 2 aromatic carbocycles. The van der Waals surface area contributed by atoms with Crippen LogP contribution >= 0.6 is 0 Å². The second-order valence-electron chi connectivity index (χ2n) is 4.85. The molecule has 1 atom stereocenters. The van der Waals surface area contributed by atoms with Gasteiger partial charge in [0.1, 0.15) is 11.4 Å². The SMILES string of the molecule is CCc1ccc(C(C)(O)c2ccc(OC)cc2)cc1. The molecule has 1 N–H and O–H groups in total. The topological polar surface area (TPSA) is 29.5 Å². The van der Waals surface area contributed by atoms with Crippen molar-refractivity contribution in [1.82, 2.24) is 0 Å². The Labute approximate surface area is 114 Å². The highest BCUT2D eigenvalue weighted by Crippen LogP contribution is 2.30. The molecule has 19 heavy (non-hydrogen) atoms. The first-order valence-corrected chi connectivity index (χ1v) is 6.54. The van der Waals surface area contributed by atoms with Gasteiger partial charge in [0, 0.05) is 0 Å². The summed E-state index contributed by atoms with van der Waals surface area (Å²) in [6.45, 7) is 3.94. The zero-order chi connectivity index (χ0) is 13.9. The molecule has 0 aliphatic carbocycles. The second-order valence-corrected chi connectivity index (χ2v) is 4.85. The summed E-state index contributed by atoms with van der Waals surface area (Å²) in [5.41, 5.74) is 2.04. The van der Waals surface area contributed by atoms with Gasteiger partial charge in [-0.25, -0.2) is 0 Å². The monoisotopic (exact) mass is 256 g/mol. The Hall–Kier alpha value is -1.80. The van der Waals surface area contributed by atoms with E-state index in [0.29, 0.717) is 0 Å². The van der Waals surface area contributed by atoms with Crippen molar-refractivity contribution in [3.8, 4) is 5.75 Å². The number of methoxy groups -OCH3 is 1. The van der Waals surface area contributed by atoms with Crippen molar-refractivity contribution in [2.24, 2.45) is 0 Å². The quantitative estimate of drug-likeness (QED) is 0.907. The van der Waals surface area contributed by atoms with Crippen LogP contribution in [0.2, 0.25) is 0 Å². The highest BCUT2D eigenvalue weighted by atomic mass is 16.5. The number of ether oxygens (including phenoxy) is 1. The zero-order valence-corrected chi connectivity index (χ0v) is 11.7. The molecule has 0 aliphatic rings. The summed E-state index contributed by atoms with van der Waals surface area (Å²) in [6, 6.07) is 15.6. The fourth-order valence-corrected chi connectivity index (χ4v) is 2.15. The Morgan fingerprint density at radius 3 is 1.84 bits per heavy atom. The minimum absolute atomic E-state index is 0.792. The van der Waals surface area contributed by atoms with Gasteiger partial charge in [0.15, 0.2) is 0 Å². The van der Waals surface area contributed by atoms with Crippen LogP contribution in [0.15, 0.2) is 48.5 Å². The minimum atomic E-state index is -0.988. The lowest BCUT2D eigenvalue weighted by atomic mass is 9.87. The van der Waals surface area contributed by atoms with Gasteiger partial charge >= 0.3 is 0 Å². The second kappa shape index (κ2) is 5.45. The summed E-state index contributed by atoms with van der Waals surface area (Å²) in [5, 5.41) is 10.7. The fourth-order valence-electron chi connectivity index (χ4n) is 2.15. The lowest BCUT2D eigenvalue weighted by Gasteiger charge is -2.25. The van der Waals surface area contributed by atoms with Crippen molar-refractivity contribution in [3.63, 3.8) is 0 Å². The molecule has 0 radical (unpaired) electrons. The van der Waals surface area contributed by atoms with Gasteiger partial charge < -0.3 is 9.84 Å². The fraction of sp³-hybridized carbons (Fsp3) is 0.294. The summed E-state index contributed by atoms with van der Waals surface area (Å²) >= 11 is 0. The summed E-state index contributed by atoms with van der Waals surface area (Å²) < 4.78 is 5.14. The molecule has 0 saturated heterocycles. The van der Waals surface area contributed by atoms with Gasteiger partial charge in [-0.15, -0.1) is 0 Å². The van der Waals surface area contributed by atoms with Crippen molar-refractivity contribution in [1.29, 1.82) is 0 Å². The van der Waals surface area contributed by atoms with Crippen molar-refractivity contribution < 1.29 is 9.84 Å². The van der Waals surface area contributed by atoms with Gasteiger partial charge in [-0.3, -0.25) is 0 Å². The first-order valence-electron chi connectivity index (χ1n) is 6.54. The summed E-state index contributed by atoms with van der Waals surface area (Å²) in [5.74, 6) is 0.792. The van der Waals surface area contributed by atoms with E-state index in [4.69, 9.17) is 4.74 Å². The Morgan fingerprint density at radius 1 is 0.947 bits per heavy atom. The third kappa shape index (κ3) is 2.79. The van der Waals surface area contributed by atoms with Gasteiger partial charge in [0.25, 0.3) is 0 Å². The number of aryl methyl sites for hydroxylation is 1. The average Bonchev–Trinajstić information content (AvgIpc) is 2.47. The van der Waals surface area contributed by atoms with Gasteiger partial charge in [0.05, 0.1) is 7.11 Å². The Bertz CT molecular complexity index is 475. The minimum Gasteiger partial charge on any atom is -0.497 e. The smallest absolute Gasteiger partial charge is 0.118 e. The molecule has 2 nitrogen and oxygen atoms in total. The highest BCUT2D eigenvalue weighted by molar-refractivity contribution is 5.39. The van der Waals surface area contributed by atoms with Crippen LogP contribution in [0.3, 0.4) is 0 Å². The van der Waals surface area contributed by atoms with Crippen LogP contribution in [0.25, 0.3) is 0 Å². The molecule has 0 aromatic heterocycles. The third-order valence-electron chi connectivity index (χ3n) is 3.58. The Balaban J connectivity index is 2.33. The van der Waals surface area contributed by atoms with E-state index in [0.717, 1.165) is 23.3 Å². The number of hydrogen-bond acceptors (Lipinski definition) is 2. The molecule has 0 spiro atoms. The number of benzene rings is 2. The molecule has 0 bridgehead atoms. The maximum atomic E-state index is 10.7. The molecule has 0 heterocycles. The standard InChI is InChI=1S/C17H20O2/c1-4-13-5-7-14(8-6-13)17(2,18)15-9-11-16(19-3)12-10-15/h5-12,18H,4H2,1-3H3. The molecule has 0 fully saturated rings. The first-order chi connectivity index (χ1) is 9.07. The van der Waals surface area contributed by atoms with Crippen molar-refractivity contribution >= 4 is 0 Å². The molecule has 1 unspecified atom stereocenters. The van der Waals surface area contributed by atoms with Gasteiger partial charge in [-0.2, -0.15) is 0 Å². The predicted molar refractivity (Wildman–Crippen MR) is 77.5 cm³/mol. The van der Waals surface area contributed by atoms with Gasteiger partial charge in [0.2, 0.25) is 0 Å². The largest absolute Gasteiger partial charge is 0.497 e. The molecule has 100 valence electrons. The summed E-state index contributed by atoms with van der Waals surface area (Å²) in [6.07, 6.45) is 1.00. The summed E-state index contributed by atoms with van der Waals surface area (Å²) in [7, 11) is 1.64. The van der Waals surface area contributed by atoms with Gasteiger partial charge in [-0.05, 0) is 42.2 Å². The maximum Gasteiger partial charge on any atom is 0.118 e. The van der Waals surface area contributed by atoms with Crippen LogP contribution in [-0.2, 0) is 12.0 Å². The number of hydrogen-bond donors (Lipinski definition) is 1. The van der Waals surface area contributed by atoms with Crippen LogP contribution in [0.1, 0.15) is 30.5 Å².